The predicted octanol–water partition coefficient (Wildman–Crippen LogP) is 1.11. The van der Waals surface area contributed by atoms with E-state index in [0.717, 1.165) is 45.3 Å². The molecule has 4 nitrogen and oxygen atoms in total. The molecule has 3 aliphatic rings. The molecule has 0 aromatic heterocycles. The van der Waals surface area contributed by atoms with E-state index in [1.807, 2.05) is 0 Å². The van der Waals surface area contributed by atoms with Gasteiger partial charge in [0.2, 0.25) is 0 Å². The van der Waals surface area contributed by atoms with Crippen LogP contribution in [0.25, 0.3) is 0 Å². The number of ether oxygens (including phenoxy) is 3. The van der Waals surface area contributed by atoms with E-state index in [1.54, 1.807) is 7.11 Å². The van der Waals surface area contributed by atoms with Gasteiger partial charge in [-0.05, 0) is 18.8 Å². The van der Waals surface area contributed by atoms with Crippen molar-refractivity contribution in [2.24, 2.45) is 5.92 Å². The Kier molecular flexibility index (Phi) is 2.94. The summed E-state index contributed by atoms with van der Waals surface area (Å²) in [6.45, 7) is 2.26. The summed E-state index contributed by atoms with van der Waals surface area (Å²) in [5.74, 6) is 0.351. The third-order valence-electron chi connectivity index (χ3n) is 4.82. The first-order chi connectivity index (χ1) is 8.16. The average Bonchev–Trinajstić information content (AvgIpc) is 2.73. The molecule has 2 unspecified atom stereocenters. The smallest absolute Gasteiger partial charge is 0.0940 e. The van der Waals surface area contributed by atoms with Gasteiger partial charge in [0.25, 0.3) is 0 Å². The monoisotopic (exact) mass is 242 g/mol. The van der Waals surface area contributed by atoms with Crippen molar-refractivity contribution in [3.05, 3.63) is 0 Å². The molecule has 2 saturated heterocycles. The molecule has 0 amide bonds. The first-order valence-electron chi connectivity index (χ1n) is 6.63. The van der Waals surface area contributed by atoms with Gasteiger partial charge in [-0.1, -0.05) is 0 Å². The highest BCUT2D eigenvalue weighted by Gasteiger charge is 2.53. The largest absolute Gasteiger partial charge is 0.389 e. The molecule has 17 heavy (non-hydrogen) atoms. The Hall–Kier alpha value is -0.160. The number of aliphatic hydroxyl groups is 1. The summed E-state index contributed by atoms with van der Waals surface area (Å²) in [5.41, 5.74) is -0.614. The molecule has 0 aromatic carbocycles. The van der Waals surface area contributed by atoms with Gasteiger partial charge in [0.1, 0.15) is 0 Å². The van der Waals surface area contributed by atoms with Crippen LogP contribution in [0, 0.1) is 5.92 Å². The lowest BCUT2D eigenvalue weighted by molar-refractivity contribution is -0.199. The third-order valence-corrected chi connectivity index (χ3v) is 4.82. The minimum atomic E-state index is -0.514. The zero-order valence-corrected chi connectivity index (χ0v) is 10.5. The number of hydrogen-bond donors (Lipinski definition) is 1. The van der Waals surface area contributed by atoms with Crippen LogP contribution in [0.15, 0.2) is 0 Å². The lowest BCUT2D eigenvalue weighted by Gasteiger charge is -2.51. The highest BCUT2D eigenvalue weighted by molar-refractivity contribution is 5.04. The van der Waals surface area contributed by atoms with Crippen molar-refractivity contribution < 1.29 is 19.3 Å². The van der Waals surface area contributed by atoms with E-state index in [1.165, 1.54) is 0 Å². The highest BCUT2D eigenvalue weighted by Crippen LogP contribution is 2.48. The first-order valence-corrected chi connectivity index (χ1v) is 6.63. The second-order valence-electron chi connectivity index (χ2n) is 5.89. The van der Waals surface area contributed by atoms with Gasteiger partial charge in [0, 0.05) is 39.6 Å². The molecule has 1 spiro atoms. The van der Waals surface area contributed by atoms with Gasteiger partial charge in [-0.15, -0.1) is 0 Å². The summed E-state index contributed by atoms with van der Waals surface area (Å²) in [6, 6.07) is 0. The Bertz CT molecular complexity index is 279. The van der Waals surface area contributed by atoms with Crippen molar-refractivity contribution in [3.63, 3.8) is 0 Å². The summed E-state index contributed by atoms with van der Waals surface area (Å²) in [7, 11) is 1.72. The molecule has 0 aromatic rings. The Balaban J connectivity index is 1.64. The molecule has 1 aliphatic carbocycles. The van der Waals surface area contributed by atoms with Crippen LogP contribution in [0.3, 0.4) is 0 Å². The fourth-order valence-electron chi connectivity index (χ4n) is 3.58. The lowest BCUT2D eigenvalue weighted by Crippen LogP contribution is -2.57. The minimum absolute atomic E-state index is 0.100. The Labute approximate surface area is 102 Å². The fourth-order valence-corrected chi connectivity index (χ4v) is 3.58. The van der Waals surface area contributed by atoms with Crippen LogP contribution in [-0.4, -0.2) is 49.3 Å². The maximum Gasteiger partial charge on any atom is 0.0940 e. The topological polar surface area (TPSA) is 47.9 Å². The summed E-state index contributed by atoms with van der Waals surface area (Å²) >= 11 is 0. The van der Waals surface area contributed by atoms with Gasteiger partial charge in [0.05, 0.1) is 23.9 Å². The Morgan fingerprint density at radius 1 is 1.24 bits per heavy atom. The van der Waals surface area contributed by atoms with E-state index >= 15 is 0 Å². The van der Waals surface area contributed by atoms with Gasteiger partial charge in [-0.2, -0.15) is 0 Å². The van der Waals surface area contributed by atoms with Crippen LogP contribution in [0.2, 0.25) is 0 Å². The molecule has 1 N–H and O–H groups in total. The fraction of sp³-hybridized carbons (Fsp3) is 1.00. The van der Waals surface area contributed by atoms with Gasteiger partial charge in [-0.25, -0.2) is 0 Å². The van der Waals surface area contributed by atoms with Crippen molar-refractivity contribution >= 4 is 0 Å². The maximum atomic E-state index is 10.6. The van der Waals surface area contributed by atoms with Gasteiger partial charge < -0.3 is 19.3 Å². The van der Waals surface area contributed by atoms with Gasteiger partial charge >= 0.3 is 0 Å². The average molecular weight is 242 g/mol. The number of rotatable bonds is 2. The molecular weight excluding hydrogens is 220 g/mol. The Morgan fingerprint density at radius 2 is 2.06 bits per heavy atom. The van der Waals surface area contributed by atoms with E-state index < -0.39 is 5.60 Å². The molecule has 2 aliphatic heterocycles. The number of hydrogen-bond acceptors (Lipinski definition) is 4. The van der Waals surface area contributed by atoms with Crippen LogP contribution in [0.5, 0.6) is 0 Å². The first kappa shape index (κ1) is 11.9. The van der Waals surface area contributed by atoms with Gasteiger partial charge in [0.15, 0.2) is 0 Å². The molecule has 2 atom stereocenters. The lowest BCUT2D eigenvalue weighted by atomic mass is 9.64. The molecular formula is C13H22O4. The van der Waals surface area contributed by atoms with Crippen LogP contribution >= 0.6 is 0 Å². The summed E-state index contributed by atoms with van der Waals surface area (Å²) in [5, 5.41) is 10.6. The predicted molar refractivity (Wildman–Crippen MR) is 61.8 cm³/mol. The minimum Gasteiger partial charge on any atom is -0.389 e. The molecule has 4 heteroatoms. The second kappa shape index (κ2) is 4.19. The zero-order valence-electron chi connectivity index (χ0n) is 10.5. The van der Waals surface area contributed by atoms with E-state index in [0.29, 0.717) is 12.5 Å². The van der Waals surface area contributed by atoms with Crippen molar-refractivity contribution in [2.45, 2.75) is 49.4 Å². The molecule has 0 radical (unpaired) electrons. The molecule has 0 bridgehead atoms. The molecule has 3 rings (SSSR count). The van der Waals surface area contributed by atoms with Crippen molar-refractivity contribution in [3.8, 4) is 0 Å². The standard InChI is InChI=1S/C13H22O4/c1-15-11-7-13(14,8-11)10-2-4-17-12(6-10)3-5-16-9-12/h10-11,14H,2-9H2,1H3. The van der Waals surface area contributed by atoms with E-state index in [4.69, 9.17) is 14.2 Å². The van der Waals surface area contributed by atoms with E-state index in [9.17, 15) is 5.11 Å². The summed E-state index contributed by atoms with van der Waals surface area (Å²) < 4.78 is 16.6. The third kappa shape index (κ3) is 2.01. The zero-order chi connectivity index (χ0) is 11.9. The summed E-state index contributed by atoms with van der Waals surface area (Å²) in [6.07, 6.45) is 4.71. The van der Waals surface area contributed by atoms with Gasteiger partial charge in [-0.3, -0.25) is 0 Å². The van der Waals surface area contributed by atoms with E-state index in [-0.39, 0.29) is 11.7 Å². The van der Waals surface area contributed by atoms with Crippen LogP contribution < -0.4 is 0 Å². The summed E-state index contributed by atoms with van der Waals surface area (Å²) in [4.78, 5) is 0. The SMILES string of the molecule is COC1CC(O)(C2CCOC3(CCOC3)C2)C1. The molecule has 3 fully saturated rings. The van der Waals surface area contributed by atoms with Crippen LogP contribution in [0.1, 0.15) is 32.1 Å². The molecule has 2 heterocycles. The van der Waals surface area contributed by atoms with Crippen molar-refractivity contribution in [1.29, 1.82) is 0 Å². The number of methoxy groups -OCH3 is 1. The van der Waals surface area contributed by atoms with Crippen molar-refractivity contribution in [2.75, 3.05) is 26.9 Å². The second-order valence-corrected chi connectivity index (χ2v) is 5.89. The van der Waals surface area contributed by atoms with E-state index in [2.05, 4.69) is 0 Å². The normalized spacial score (nSPS) is 50.5. The van der Waals surface area contributed by atoms with Crippen LogP contribution in [-0.2, 0) is 14.2 Å². The Morgan fingerprint density at radius 3 is 2.71 bits per heavy atom. The highest BCUT2D eigenvalue weighted by atomic mass is 16.6. The van der Waals surface area contributed by atoms with Crippen molar-refractivity contribution in [1.82, 2.24) is 0 Å². The maximum absolute atomic E-state index is 10.6. The molecule has 1 saturated carbocycles. The van der Waals surface area contributed by atoms with Crippen LogP contribution in [0.4, 0.5) is 0 Å². The molecule has 98 valence electrons. The quantitative estimate of drug-likeness (QED) is 0.788.